The smallest absolute Gasteiger partial charge is 0.166 e. The van der Waals surface area contributed by atoms with E-state index >= 15 is 0 Å². The molecule has 0 spiro atoms. The van der Waals surface area contributed by atoms with Gasteiger partial charge >= 0.3 is 0 Å². The van der Waals surface area contributed by atoms with E-state index in [4.69, 9.17) is 12.2 Å². The van der Waals surface area contributed by atoms with Gasteiger partial charge < -0.3 is 10.6 Å². The third kappa shape index (κ3) is 3.95. The predicted molar refractivity (Wildman–Crippen MR) is 90.4 cm³/mol. The highest BCUT2D eigenvalue weighted by Crippen LogP contribution is 2.34. The second-order valence-corrected chi connectivity index (χ2v) is 5.96. The van der Waals surface area contributed by atoms with E-state index < -0.39 is 0 Å². The minimum Gasteiger partial charge on any atom is -0.363 e. The molecule has 0 amide bonds. The average molecular weight is 290 g/mol. The summed E-state index contributed by atoms with van der Waals surface area (Å²) in [5.74, 6) is 0.696. The van der Waals surface area contributed by atoms with E-state index in [1.165, 1.54) is 31.2 Å². The summed E-state index contributed by atoms with van der Waals surface area (Å²) < 4.78 is 0. The van der Waals surface area contributed by atoms with Crippen molar-refractivity contribution in [2.24, 2.45) is 0 Å². The Hall–Kier alpha value is -1.09. The number of rotatable bonds is 5. The predicted octanol–water partition coefficient (Wildman–Crippen LogP) is 3.54. The quantitative estimate of drug-likeness (QED) is 0.811. The summed E-state index contributed by atoms with van der Waals surface area (Å²) in [6.45, 7) is 6.15. The normalized spacial score (nSPS) is 17.4. The SMILES string of the molecule is CCNC(=S)NCCC1CCCc2ccc(CC)cc21. The maximum Gasteiger partial charge on any atom is 0.166 e. The molecule has 0 aliphatic heterocycles. The standard InChI is InChI=1S/C17H26N2S/c1-3-13-8-9-14-6-5-7-15(16(14)12-13)10-11-19-17(20)18-4-2/h8-9,12,15H,3-7,10-11H2,1-2H3,(H2,18,19,20). The van der Waals surface area contributed by atoms with Crippen LogP contribution in [0.5, 0.6) is 0 Å². The molecule has 2 nitrogen and oxygen atoms in total. The lowest BCUT2D eigenvalue weighted by Gasteiger charge is -2.26. The molecule has 0 fully saturated rings. The highest BCUT2D eigenvalue weighted by molar-refractivity contribution is 7.80. The minimum absolute atomic E-state index is 0.696. The third-order valence-electron chi connectivity index (χ3n) is 4.17. The van der Waals surface area contributed by atoms with E-state index in [9.17, 15) is 0 Å². The Bertz CT molecular complexity index is 456. The second-order valence-electron chi connectivity index (χ2n) is 5.55. The molecule has 1 aromatic carbocycles. The van der Waals surface area contributed by atoms with Crippen LogP contribution in [-0.4, -0.2) is 18.2 Å². The number of hydrogen-bond donors (Lipinski definition) is 2. The van der Waals surface area contributed by atoms with Crippen LogP contribution in [0.15, 0.2) is 18.2 Å². The van der Waals surface area contributed by atoms with Crippen LogP contribution in [0.2, 0.25) is 0 Å². The molecule has 1 aromatic rings. The van der Waals surface area contributed by atoms with Gasteiger partial charge in [0.15, 0.2) is 5.11 Å². The van der Waals surface area contributed by atoms with E-state index in [2.05, 4.69) is 42.7 Å². The third-order valence-corrected chi connectivity index (χ3v) is 4.46. The first-order valence-electron chi connectivity index (χ1n) is 7.88. The van der Waals surface area contributed by atoms with Crippen LogP contribution in [0.25, 0.3) is 0 Å². The largest absolute Gasteiger partial charge is 0.363 e. The highest BCUT2D eigenvalue weighted by Gasteiger charge is 2.20. The summed E-state index contributed by atoms with van der Waals surface area (Å²) in [5.41, 5.74) is 4.62. The summed E-state index contributed by atoms with van der Waals surface area (Å²) in [7, 11) is 0. The van der Waals surface area contributed by atoms with Gasteiger partial charge in [0.1, 0.15) is 0 Å². The van der Waals surface area contributed by atoms with Crippen LogP contribution in [0.1, 0.15) is 55.7 Å². The molecule has 1 unspecified atom stereocenters. The van der Waals surface area contributed by atoms with Gasteiger partial charge in [-0.15, -0.1) is 0 Å². The summed E-state index contributed by atoms with van der Waals surface area (Å²) in [4.78, 5) is 0. The van der Waals surface area contributed by atoms with E-state index in [1.807, 2.05) is 0 Å². The number of benzene rings is 1. The van der Waals surface area contributed by atoms with Crippen molar-refractivity contribution in [2.75, 3.05) is 13.1 Å². The molecule has 0 aromatic heterocycles. The molecule has 2 N–H and O–H groups in total. The van der Waals surface area contributed by atoms with E-state index in [-0.39, 0.29) is 0 Å². The number of nitrogens with one attached hydrogen (secondary N) is 2. The van der Waals surface area contributed by atoms with Crippen LogP contribution in [0, 0.1) is 0 Å². The van der Waals surface area contributed by atoms with Gasteiger partial charge in [-0.05, 0) is 73.9 Å². The van der Waals surface area contributed by atoms with Gasteiger partial charge in [-0.1, -0.05) is 25.1 Å². The van der Waals surface area contributed by atoms with Gasteiger partial charge in [-0.3, -0.25) is 0 Å². The van der Waals surface area contributed by atoms with Gasteiger partial charge in [-0.25, -0.2) is 0 Å². The fraction of sp³-hybridized carbons (Fsp3) is 0.588. The Morgan fingerprint density at radius 2 is 2.15 bits per heavy atom. The minimum atomic E-state index is 0.696. The zero-order chi connectivity index (χ0) is 14.4. The van der Waals surface area contributed by atoms with Crippen molar-refractivity contribution in [3.05, 3.63) is 34.9 Å². The summed E-state index contributed by atoms with van der Waals surface area (Å²) in [6.07, 6.45) is 6.18. The first kappa shape index (κ1) is 15.3. The fourth-order valence-corrected chi connectivity index (χ4v) is 3.30. The monoisotopic (exact) mass is 290 g/mol. The Morgan fingerprint density at radius 3 is 2.90 bits per heavy atom. The average Bonchev–Trinajstić information content (AvgIpc) is 2.47. The van der Waals surface area contributed by atoms with E-state index in [1.54, 1.807) is 11.1 Å². The molecule has 2 rings (SSSR count). The lowest BCUT2D eigenvalue weighted by atomic mass is 9.80. The number of fused-ring (bicyclic) bond motifs is 1. The van der Waals surface area contributed by atoms with Crippen molar-refractivity contribution in [1.29, 1.82) is 0 Å². The van der Waals surface area contributed by atoms with Crippen LogP contribution < -0.4 is 10.6 Å². The van der Waals surface area contributed by atoms with Crippen molar-refractivity contribution in [3.63, 3.8) is 0 Å². The van der Waals surface area contributed by atoms with Crippen molar-refractivity contribution in [2.45, 2.75) is 51.9 Å². The molecule has 110 valence electrons. The zero-order valence-electron chi connectivity index (χ0n) is 12.7. The molecular formula is C17H26N2S. The Morgan fingerprint density at radius 1 is 1.30 bits per heavy atom. The molecule has 0 radical (unpaired) electrons. The van der Waals surface area contributed by atoms with Crippen LogP contribution >= 0.6 is 12.2 Å². The molecule has 0 heterocycles. The van der Waals surface area contributed by atoms with Crippen LogP contribution in [-0.2, 0) is 12.8 Å². The highest BCUT2D eigenvalue weighted by atomic mass is 32.1. The first-order valence-corrected chi connectivity index (χ1v) is 8.28. The Balaban J connectivity index is 1.95. The number of aryl methyl sites for hydroxylation is 2. The summed E-state index contributed by atoms with van der Waals surface area (Å²) in [5, 5.41) is 7.23. The molecule has 0 bridgehead atoms. The molecule has 1 atom stereocenters. The Labute approximate surface area is 128 Å². The van der Waals surface area contributed by atoms with Crippen LogP contribution in [0.4, 0.5) is 0 Å². The number of hydrogen-bond acceptors (Lipinski definition) is 1. The van der Waals surface area contributed by atoms with Gasteiger partial charge in [0.2, 0.25) is 0 Å². The second kappa shape index (κ2) is 7.63. The van der Waals surface area contributed by atoms with Crippen molar-refractivity contribution in [3.8, 4) is 0 Å². The fourth-order valence-electron chi connectivity index (χ4n) is 3.05. The molecule has 3 heteroatoms. The van der Waals surface area contributed by atoms with Gasteiger partial charge in [0.05, 0.1) is 0 Å². The molecular weight excluding hydrogens is 264 g/mol. The van der Waals surface area contributed by atoms with Gasteiger partial charge in [0.25, 0.3) is 0 Å². The maximum absolute atomic E-state index is 5.22. The maximum atomic E-state index is 5.22. The summed E-state index contributed by atoms with van der Waals surface area (Å²) >= 11 is 5.22. The zero-order valence-corrected chi connectivity index (χ0v) is 13.5. The van der Waals surface area contributed by atoms with Gasteiger partial charge in [-0.2, -0.15) is 0 Å². The van der Waals surface area contributed by atoms with Crippen molar-refractivity contribution >= 4 is 17.3 Å². The Kier molecular flexibility index (Phi) is 5.84. The molecule has 20 heavy (non-hydrogen) atoms. The van der Waals surface area contributed by atoms with Crippen LogP contribution in [0.3, 0.4) is 0 Å². The lowest BCUT2D eigenvalue weighted by molar-refractivity contribution is 0.516. The lowest BCUT2D eigenvalue weighted by Crippen LogP contribution is -2.36. The molecule has 0 saturated heterocycles. The first-order chi connectivity index (χ1) is 9.74. The number of thiocarbonyl (C=S) groups is 1. The molecule has 1 aliphatic carbocycles. The van der Waals surface area contributed by atoms with Crippen molar-refractivity contribution < 1.29 is 0 Å². The van der Waals surface area contributed by atoms with E-state index in [0.717, 1.165) is 24.6 Å². The van der Waals surface area contributed by atoms with Crippen molar-refractivity contribution in [1.82, 2.24) is 10.6 Å². The molecule has 1 aliphatic rings. The molecule has 0 saturated carbocycles. The summed E-state index contributed by atoms with van der Waals surface area (Å²) in [6, 6.07) is 7.07. The van der Waals surface area contributed by atoms with E-state index in [0.29, 0.717) is 5.92 Å². The topological polar surface area (TPSA) is 24.1 Å². The van der Waals surface area contributed by atoms with Gasteiger partial charge in [0, 0.05) is 13.1 Å².